The van der Waals surface area contributed by atoms with Gasteiger partial charge < -0.3 is 4.57 Å². The summed E-state index contributed by atoms with van der Waals surface area (Å²) in [6.45, 7) is 4.11. The second kappa shape index (κ2) is 6.66. The van der Waals surface area contributed by atoms with E-state index in [1.54, 1.807) is 6.21 Å². The zero-order valence-corrected chi connectivity index (χ0v) is 13.4. The molecule has 1 aromatic heterocycles. The lowest BCUT2D eigenvalue weighted by Gasteiger charge is -2.09. The number of nitrogens with zero attached hydrogens (tertiary/aromatic N) is 2. The number of hydrogen-bond donors (Lipinski definition) is 1. The van der Waals surface area contributed by atoms with Crippen LogP contribution >= 0.6 is 0 Å². The first-order valence-corrected chi connectivity index (χ1v) is 7.54. The number of hydrazone groups is 1. The van der Waals surface area contributed by atoms with E-state index < -0.39 is 11.6 Å². The molecule has 0 radical (unpaired) electrons. The summed E-state index contributed by atoms with van der Waals surface area (Å²) in [5.74, 6) is -1.07. The summed E-state index contributed by atoms with van der Waals surface area (Å²) >= 11 is 0. The molecular formula is C19H17F2N3. The van der Waals surface area contributed by atoms with E-state index in [0.717, 1.165) is 40.8 Å². The predicted octanol–water partition coefficient (Wildman–Crippen LogP) is 4.82. The number of aromatic nitrogens is 1. The van der Waals surface area contributed by atoms with Gasteiger partial charge in [0.15, 0.2) is 0 Å². The van der Waals surface area contributed by atoms with Crippen molar-refractivity contribution in [2.75, 3.05) is 5.43 Å². The molecule has 5 heteroatoms. The van der Waals surface area contributed by atoms with Crippen LogP contribution in [-0.4, -0.2) is 10.8 Å². The van der Waals surface area contributed by atoms with E-state index in [0.29, 0.717) is 0 Å². The average molecular weight is 325 g/mol. The van der Waals surface area contributed by atoms with E-state index in [-0.39, 0.29) is 5.69 Å². The van der Waals surface area contributed by atoms with Crippen LogP contribution in [0.15, 0.2) is 59.7 Å². The number of halogens is 2. The van der Waals surface area contributed by atoms with Gasteiger partial charge in [-0.15, -0.1) is 0 Å². The molecule has 3 rings (SSSR count). The van der Waals surface area contributed by atoms with Crippen LogP contribution in [0.2, 0.25) is 0 Å². The van der Waals surface area contributed by atoms with Crippen molar-refractivity contribution in [3.05, 3.63) is 83.2 Å². The summed E-state index contributed by atoms with van der Waals surface area (Å²) in [7, 11) is 0. The lowest BCUT2D eigenvalue weighted by atomic mass is 10.2. The maximum absolute atomic E-state index is 13.5. The summed E-state index contributed by atoms with van der Waals surface area (Å²) in [5.41, 5.74) is 6.76. The number of benzene rings is 2. The van der Waals surface area contributed by atoms with E-state index in [1.807, 2.05) is 24.3 Å². The largest absolute Gasteiger partial charge is 0.319 e. The van der Waals surface area contributed by atoms with Crippen molar-refractivity contribution in [1.29, 1.82) is 0 Å². The third kappa shape index (κ3) is 3.35. The smallest absolute Gasteiger partial charge is 0.148 e. The summed E-state index contributed by atoms with van der Waals surface area (Å²) in [6.07, 6.45) is 1.56. The predicted molar refractivity (Wildman–Crippen MR) is 92.8 cm³/mol. The Morgan fingerprint density at radius 1 is 0.917 bits per heavy atom. The molecule has 3 aromatic rings. The maximum Gasteiger partial charge on any atom is 0.148 e. The number of aryl methyl sites for hydroxylation is 2. The molecule has 0 spiro atoms. The van der Waals surface area contributed by atoms with Gasteiger partial charge in [-0.1, -0.05) is 12.1 Å². The highest BCUT2D eigenvalue weighted by atomic mass is 19.1. The Morgan fingerprint density at radius 2 is 1.58 bits per heavy atom. The fourth-order valence-electron chi connectivity index (χ4n) is 2.54. The molecular weight excluding hydrogens is 308 g/mol. The van der Waals surface area contributed by atoms with Crippen LogP contribution < -0.4 is 5.43 Å². The van der Waals surface area contributed by atoms with Crippen molar-refractivity contribution >= 4 is 11.9 Å². The second-order valence-electron chi connectivity index (χ2n) is 5.54. The Labute approximate surface area is 139 Å². The number of rotatable bonds is 4. The molecule has 0 saturated heterocycles. The van der Waals surface area contributed by atoms with Gasteiger partial charge in [-0.2, -0.15) is 5.10 Å². The van der Waals surface area contributed by atoms with E-state index in [1.165, 1.54) is 0 Å². The minimum atomic E-state index is -0.553. The van der Waals surface area contributed by atoms with Crippen molar-refractivity contribution in [1.82, 2.24) is 4.57 Å². The molecule has 2 aromatic carbocycles. The monoisotopic (exact) mass is 325 g/mol. The molecule has 0 saturated carbocycles. The zero-order chi connectivity index (χ0) is 17.1. The summed E-state index contributed by atoms with van der Waals surface area (Å²) in [5, 5.41) is 3.95. The van der Waals surface area contributed by atoms with Gasteiger partial charge in [-0.05, 0) is 55.8 Å². The first-order chi connectivity index (χ1) is 11.5. The van der Waals surface area contributed by atoms with Gasteiger partial charge in [-0.25, -0.2) is 8.78 Å². The molecule has 122 valence electrons. The average Bonchev–Trinajstić information content (AvgIpc) is 2.90. The number of hydrogen-bond acceptors (Lipinski definition) is 2. The highest BCUT2D eigenvalue weighted by molar-refractivity contribution is 5.80. The normalized spacial score (nSPS) is 11.2. The second-order valence-corrected chi connectivity index (χ2v) is 5.54. The van der Waals surface area contributed by atoms with Crippen molar-refractivity contribution in [2.24, 2.45) is 5.10 Å². The Balaban J connectivity index is 1.73. The van der Waals surface area contributed by atoms with Gasteiger partial charge in [0.1, 0.15) is 11.6 Å². The van der Waals surface area contributed by atoms with Crippen LogP contribution in [0, 0.1) is 25.5 Å². The van der Waals surface area contributed by atoms with E-state index in [2.05, 4.69) is 41.1 Å². The van der Waals surface area contributed by atoms with Crippen molar-refractivity contribution in [3.8, 4) is 5.69 Å². The zero-order valence-electron chi connectivity index (χ0n) is 13.4. The third-order valence-electron chi connectivity index (χ3n) is 3.75. The van der Waals surface area contributed by atoms with Crippen LogP contribution in [0.25, 0.3) is 5.69 Å². The van der Waals surface area contributed by atoms with Crippen molar-refractivity contribution < 1.29 is 8.78 Å². The fourth-order valence-corrected chi connectivity index (χ4v) is 2.54. The molecule has 0 aliphatic rings. The molecule has 0 aliphatic carbocycles. The molecule has 1 N–H and O–H groups in total. The molecule has 0 atom stereocenters. The van der Waals surface area contributed by atoms with Gasteiger partial charge in [0, 0.05) is 23.1 Å². The highest BCUT2D eigenvalue weighted by Gasteiger charge is 2.04. The Bertz CT molecular complexity index is 861. The Hall–Kier alpha value is -2.95. The summed E-state index contributed by atoms with van der Waals surface area (Å²) < 4.78 is 28.7. The lowest BCUT2D eigenvalue weighted by Crippen LogP contribution is -1.99. The van der Waals surface area contributed by atoms with Gasteiger partial charge >= 0.3 is 0 Å². The lowest BCUT2D eigenvalue weighted by molar-refractivity contribution is 0.603. The minimum Gasteiger partial charge on any atom is -0.319 e. The van der Waals surface area contributed by atoms with Crippen LogP contribution in [-0.2, 0) is 0 Å². The molecule has 0 aliphatic heterocycles. The fraction of sp³-hybridized carbons (Fsp3) is 0.105. The molecule has 0 unspecified atom stereocenters. The molecule has 0 fully saturated rings. The van der Waals surface area contributed by atoms with Crippen molar-refractivity contribution in [2.45, 2.75) is 13.8 Å². The first kappa shape index (κ1) is 15.9. The molecule has 1 heterocycles. The van der Waals surface area contributed by atoms with E-state index >= 15 is 0 Å². The standard InChI is InChI=1S/C19H17F2N3/c1-13-3-4-14(2)24(13)17-8-5-15(6-9-17)12-22-23-19-11-16(20)7-10-18(19)21/h3-12,23H,1-2H3/b22-12+. The van der Waals surface area contributed by atoms with Crippen molar-refractivity contribution in [3.63, 3.8) is 0 Å². The van der Waals surface area contributed by atoms with Gasteiger partial charge in [0.05, 0.1) is 11.9 Å². The SMILES string of the molecule is Cc1ccc(C)n1-c1ccc(/C=N/Nc2cc(F)ccc2F)cc1. The van der Waals surface area contributed by atoms with E-state index in [4.69, 9.17) is 0 Å². The minimum absolute atomic E-state index is 0.00135. The number of nitrogens with one attached hydrogen (secondary N) is 1. The third-order valence-corrected chi connectivity index (χ3v) is 3.75. The Morgan fingerprint density at radius 3 is 2.25 bits per heavy atom. The van der Waals surface area contributed by atoms with Gasteiger partial charge in [0.2, 0.25) is 0 Å². The van der Waals surface area contributed by atoms with E-state index in [9.17, 15) is 8.78 Å². The van der Waals surface area contributed by atoms with Crippen LogP contribution in [0.5, 0.6) is 0 Å². The van der Waals surface area contributed by atoms with Gasteiger partial charge in [0.25, 0.3) is 0 Å². The van der Waals surface area contributed by atoms with Gasteiger partial charge in [-0.3, -0.25) is 5.43 Å². The number of anilines is 1. The van der Waals surface area contributed by atoms with Crippen LogP contribution in [0.3, 0.4) is 0 Å². The summed E-state index contributed by atoms with van der Waals surface area (Å²) in [4.78, 5) is 0. The van der Waals surface area contributed by atoms with Crippen LogP contribution in [0.4, 0.5) is 14.5 Å². The molecule has 0 bridgehead atoms. The van der Waals surface area contributed by atoms with Crippen LogP contribution in [0.1, 0.15) is 17.0 Å². The summed E-state index contributed by atoms with van der Waals surface area (Å²) in [6, 6.07) is 15.1. The maximum atomic E-state index is 13.5. The Kier molecular flexibility index (Phi) is 4.42. The highest BCUT2D eigenvalue weighted by Crippen LogP contribution is 2.17. The quantitative estimate of drug-likeness (QED) is 0.541. The molecule has 3 nitrogen and oxygen atoms in total. The molecule has 24 heavy (non-hydrogen) atoms. The topological polar surface area (TPSA) is 29.3 Å². The first-order valence-electron chi connectivity index (χ1n) is 7.54. The molecule has 0 amide bonds.